The second kappa shape index (κ2) is 11.6. The minimum atomic E-state index is -5.06. The third-order valence-electron chi connectivity index (χ3n) is 8.37. The molecule has 2 atom stereocenters. The van der Waals surface area contributed by atoms with Gasteiger partial charge >= 0.3 is 12.2 Å². The number of thiazole rings is 1. The van der Waals surface area contributed by atoms with Gasteiger partial charge in [0, 0.05) is 36.7 Å². The van der Waals surface area contributed by atoms with Crippen molar-refractivity contribution in [1.82, 2.24) is 24.8 Å². The van der Waals surface area contributed by atoms with Crippen LogP contribution in [0.4, 0.5) is 27.1 Å². The molecule has 2 N–H and O–H groups in total. The van der Waals surface area contributed by atoms with Crippen molar-refractivity contribution in [2.45, 2.75) is 45.0 Å². The van der Waals surface area contributed by atoms with Crippen molar-refractivity contribution in [3.05, 3.63) is 48.1 Å². The topological polar surface area (TPSA) is 107 Å². The summed E-state index contributed by atoms with van der Waals surface area (Å²) in [4.78, 5) is 28.3. The van der Waals surface area contributed by atoms with E-state index in [0.29, 0.717) is 19.0 Å². The Hall–Kier alpha value is -4.11. The maximum absolute atomic E-state index is 16.7. The van der Waals surface area contributed by atoms with Crippen molar-refractivity contribution >= 4 is 43.5 Å². The van der Waals surface area contributed by atoms with Gasteiger partial charge < -0.3 is 20.1 Å². The molecule has 1 amide bonds. The Kier molecular flexibility index (Phi) is 8.03. The zero-order valence-corrected chi connectivity index (χ0v) is 26.1. The van der Waals surface area contributed by atoms with Crippen molar-refractivity contribution in [3.8, 4) is 23.0 Å². The van der Waals surface area contributed by atoms with Crippen LogP contribution >= 0.6 is 11.3 Å². The van der Waals surface area contributed by atoms with Gasteiger partial charge in [0.25, 0.3) is 0 Å². The third-order valence-corrected chi connectivity index (χ3v) is 9.26. The van der Waals surface area contributed by atoms with Crippen molar-refractivity contribution in [2.75, 3.05) is 39.0 Å². The van der Waals surface area contributed by atoms with Gasteiger partial charge in [-0.2, -0.15) is 23.1 Å². The smallest absolute Gasteiger partial charge is 0.417 e. The summed E-state index contributed by atoms with van der Waals surface area (Å²) in [7, 11) is 1.95. The fourth-order valence-electron chi connectivity index (χ4n) is 6.35. The van der Waals surface area contributed by atoms with E-state index >= 15 is 4.39 Å². The van der Waals surface area contributed by atoms with E-state index in [4.69, 9.17) is 15.2 Å². The highest BCUT2D eigenvalue weighted by Gasteiger charge is 2.39. The van der Waals surface area contributed by atoms with Crippen LogP contribution in [0.2, 0.25) is 0 Å². The quantitative estimate of drug-likeness (QED) is 0.188. The van der Waals surface area contributed by atoms with Crippen LogP contribution in [0.1, 0.15) is 32.3 Å². The van der Waals surface area contributed by atoms with Crippen LogP contribution in [0.5, 0.6) is 11.9 Å². The number of hydrogen-bond acceptors (Lipinski definition) is 9. The van der Waals surface area contributed by atoms with E-state index in [-0.39, 0.29) is 68.7 Å². The lowest BCUT2D eigenvalue weighted by Crippen LogP contribution is -2.31. The van der Waals surface area contributed by atoms with Crippen molar-refractivity contribution in [1.29, 1.82) is 0 Å². The molecule has 4 aromatic rings. The summed E-state index contributed by atoms with van der Waals surface area (Å²) in [5.41, 5.74) is 2.57. The number of likely N-dealkylation sites (N-methyl/N-ethyl adjacent to an activating group) is 1. The van der Waals surface area contributed by atoms with Crippen LogP contribution in [0.15, 0.2) is 30.9 Å². The van der Waals surface area contributed by atoms with Gasteiger partial charge in [0.2, 0.25) is 11.8 Å². The Morgan fingerprint density at radius 3 is 2.65 bits per heavy atom. The SMILES string of the molecule is C=CC(=O)N1CC[C@@H](Oc2nc(OC[C@@H]3CC(C)(C)CN3C)nc3c(F)c(-c4ccc(F)c5sc(N)nc45)c(C(F)(F)F)cc23)C1. The standard InChI is InChI=1S/C31H31F5N6O3S/c1-5-21(43)42-9-8-16(12-42)45-27-18-10-19(31(34,35)36)22(17-6-7-20(32)26-25(17)38-28(37)46-26)23(33)24(18)39-29(40-27)44-13-15-11-30(2,3)14-41(15)4/h5-7,10,15-16H,1,8-9,11-14H2,2-4H3,(H2,37,38)/t15-,16+/m0/s1. The Balaban J connectivity index is 1.50. The minimum absolute atomic E-state index is 0.0115. The van der Waals surface area contributed by atoms with Crippen molar-refractivity contribution < 1.29 is 36.2 Å². The molecule has 0 spiro atoms. The number of alkyl halides is 3. The Labute approximate surface area is 264 Å². The normalized spacial score (nSPS) is 20.1. The molecule has 0 saturated carbocycles. The van der Waals surface area contributed by atoms with Crippen LogP contribution in [0.3, 0.4) is 0 Å². The van der Waals surface area contributed by atoms with Gasteiger partial charge in [0.15, 0.2) is 10.9 Å². The lowest BCUT2D eigenvalue weighted by atomic mass is 9.91. The zero-order chi connectivity index (χ0) is 33.1. The molecule has 2 fully saturated rings. The number of halogens is 5. The number of carbonyl (C=O) groups excluding carboxylic acids is 1. The molecule has 0 aliphatic carbocycles. The number of nitrogens with zero attached hydrogens (tertiary/aromatic N) is 5. The average molecular weight is 663 g/mol. The van der Waals surface area contributed by atoms with E-state index in [0.717, 1.165) is 42.5 Å². The zero-order valence-electron chi connectivity index (χ0n) is 25.3. The summed E-state index contributed by atoms with van der Waals surface area (Å²) in [6, 6.07) is 2.39. The fourth-order valence-corrected chi connectivity index (χ4v) is 7.11. The van der Waals surface area contributed by atoms with E-state index in [1.54, 1.807) is 0 Å². The Bertz CT molecular complexity index is 1860. The number of carbonyl (C=O) groups is 1. The molecule has 6 rings (SSSR count). The lowest BCUT2D eigenvalue weighted by Gasteiger charge is -2.21. The van der Waals surface area contributed by atoms with E-state index in [9.17, 15) is 22.4 Å². The maximum Gasteiger partial charge on any atom is 0.417 e. The molecular formula is C31H31F5N6O3S. The number of benzene rings is 2. The summed E-state index contributed by atoms with van der Waals surface area (Å²) in [5, 5.41) is -0.435. The van der Waals surface area contributed by atoms with Crippen LogP contribution in [0, 0.1) is 17.0 Å². The molecule has 9 nitrogen and oxygen atoms in total. The van der Waals surface area contributed by atoms with Crippen LogP contribution in [-0.4, -0.2) is 76.1 Å². The first-order valence-electron chi connectivity index (χ1n) is 14.5. The van der Waals surface area contributed by atoms with Gasteiger partial charge in [-0.1, -0.05) is 31.8 Å². The number of likely N-dealkylation sites (tertiary alicyclic amines) is 2. The molecule has 46 heavy (non-hydrogen) atoms. The van der Waals surface area contributed by atoms with Gasteiger partial charge in [-0.25, -0.2) is 13.8 Å². The number of nitrogen functional groups attached to an aromatic ring is 1. The molecule has 2 aliphatic rings. The highest BCUT2D eigenvalue weighted by atomic mass is 32.1. The number of rotatable bonds is 7. The summed E-state index contributed by atoms with van der Waals surface area (Å²) in [6.45, 7) is 9.15. The van der Waals surface area contributed by atoms with E-state index in [1.807, 2.05) is 7.05 Å². The lowest BCUT2D eigenvalue weighted by molar-refractivity contribution is -0.137. The molecule has 2 saturated heterocycles. The van der Waals surface area contributed by atoms with E-state index in [2.05, 4.69) is 40.3 Å². The van der Waals surface area contributed by atoms with Gasteiger partial charge in [0.05, 0.1) is 27.7 Å². The monoisotopic (exact) mass is 662 g/mol. The minimum Gasteiger partial charge on any atom is -0.472 e. The second-order valence-corrected chi connectivity index (χ2v) is 13.4. The number of ether oxygens (including phenoxy) is 2. The van der Waals surface area contributed by atoms with Crippen LogP contribution < -0.4 is 15.2 Å². The van der Waals surface area contributed by atoms with Gasteiger partial charge in [0.1, 0.15) is 24.0 Å². The molecule has 0 bridgehead atoms. The Morgan fingerprint density at radius 1 is 1.22 bits per heavy atom. The molecule has 2 aliphatic heterocycles. The van der Waals surface area contributed by atoms with Gasteiger partial charge in [-0.15, -0.1) is 0 Å². The number of hydrogen-bond donors (Lipinski definition) is 1. The predicted molar refractivity (Wildman–Crippen MR) is 164 cm³/mol. The van der Waals surface area contributed by atoms with Gasteiger partial charge in [-0.05, 0) is 43.2 Å². The maximum atomic E-state index is 16.7. The van der Waals surface area contributed by atoms with Crippen LogP contribution in [0.25, 0.3) is 32.2 Å². The van der Waals surface area contributed by atoms with Crippen molar-refractivity contribution in [3.63, 3.8) is 0 Å². The Morgan fingerprint density at radius 2 is 1.98 bits per heavy atom. The highest BCUT2D eigenvalue weighted by Crippen LogP contribution is 2.46. The predicted octanol–water partition coefficient (Wildman–Crippen LogP) is 6.06. The molecule has 2 aromatic carbocycles. The summed E-state index contributed by atoms with van der Waals surface area (Å²) >= 11 is 0.740. The first-order chi connectivity index (χ1) is 21.6. The fraction of sp³-hybridized carbons (Fsp3) is 0.419. The molecular weight excluding hydrogens is 631 g/mol. The average Bonchev–Trinajstić information content (AvgIpc) is 3.68. The number of fused-ring (bicyclic) bond motifs is 2. The van der Waals surface area contributed by atoms with E-state index in [1.165, 1.54) is 4.90 Å². The second-order valence-electron chi connectivity index (χ2n) is 12.4. The number of anilines is 1. The largest absolute Gasteiger partial charge is 0.472 e. The van der Waals surface area contributed by atoms with Crippen LogP contribution in [-0.2, 0) is 11.0 Å². The van der Waals surface area contributed by atoms with E-state index < -0.39 is 40.6 Å². The third kappa shape index (κ3) is 5.93. The number of nitrogens with two attached hydrogens (primary N) is 1. The first-order valence-corrected chi connectivity index (χ1v) is 15.3. The summed E-state index contributed by atoms with van der Waals surface area (Å²) in [6.07, 6.45) is -3.39. The summed E-state index contributed by atoms with van der Waals surface area (Å²) in [5.74, 6) is -2.74. The molecule has 2 aromatic heterocycles. The molecule has 15 heteroatoms. The number of aromatic nitrogens is 3. The first kappa shape index (κ1) is 31.9. The summed E-state index contributed by atoms with van der Waals surface area (Å²) < 4.78 is 87.1. The van der Waals surface area contributed by atoms with Crippen molar-refractivity contribution in [2.24, 2.45) is 5.41 Å². The number of amides is 1. The highest BCUT2D eigenvalue weighted by molar-refractivity contribution is 7.22. The molecule has 0 unspecified atom stereocenters. The molecule has 0 radical (unpaired) electrons. The molecule has 244 valence electrons. The van der Waals surface area contributed by atoms with Gasteiger partial charge in [-0.3, -0.25) is 9.69 Å². The molecule has 4 heterocycles.